The van der Waals surface area contributed by atoms with Crippen molar-refractivity contribution >= 4 is 11.8 Å². The first kappa shape index (κ1) is 8.63. The normalized spacial score (nSPS) is 9.00. The molecule has 0 aromatic carbocycles. The zero-order valence-electron chi connectivity index (χ0n) is 5.81. The molecule has 0 saturated carbocycles. The SMILES string of the molecule is C=C(N)SC(=C)CCC. The minimum Gasteiger partial charge on any atom is -0.394 e. The topological polar surface area (TPSA) is 26.0 Å². The monoisotopic (exact) mass is 143 g/mol. The Hall–Kier alpha value is -0.370. The van der Waals surface area contributed by atoms with Crippen molar-refractivity contribution in [2.45, 2.75) is 19.8 Å². The standard InChI is InChI=1S/C7H13NS/c1-4-5-6(2)9-7(3)8/h2-5,8H2,1H3. The summed E-state index contributed by atoms with van der Waals surface area (Å²) in [5, 5.41) is 0.633. The maximum atomic E-state index is 5.33. The molecule has 0 aromatic heterocycles. The lowest BCUT2D eigenvalue weighted by atomic mass is 10.3. The van der Waals surface area contributed by atoms with E-state index in [1.807, 2.05) is 0 Å². The van der Waals surface area contributed by atoms with Crippen molar-refractivity contribution in [2.24, 2.45) is 5.73 Å². The van der Waals surface area contributed by atoms with Crippen LogP contribution in [0.1, 0.15) is 19.8 Å². The Morgan fingerprint density at radius 2 is 2.11 bits per heavy atom. The van der Waals surface area contributed by atoms with E-state index >= 15 is 0 Å². The number of allylic oxidation sites excluding steroid dienone is 1. The van der Waals surface area contributed by atoms with Crippen molar-refractivity contribution in [3.05, 3.63) is 23.1 Å². The minimum absolute atomic E-state index is 0.633. The summed E-state index contributed by atoms with van der Waals surface area (Å²) in [5.74, 6) is 0. The molecule has 0 saturated heterocycles. The lowest BCUT2D eigenvalue weighted by Crippen LogP contribution is -1.88. The molecular weight excluding hydrogens is 130 g/mol. The van der Waals surface area contributed by atoms with Crippen LogP contribution >= 0.6 is 11.8 Å². The largest absolute Gasteiger partial charge is 0.394 e. The van der Waals surface area contributed by atoms with Crippen molar-refractivity contribution in [3.8, 4) is 0 Å². The van der Waals surface area contributed by atoms with E-state index in [2.05, 4.69) is 20.1 Å². The van der Waals surface area contributed by atoms with Gasteiger partial charge in [-0.15, -0.1) is 0 Å². The van der Waals surface area contributed by atoms with Gasteiger partial charge in [-0.25, -0.2) is 0 Å². The molecule has 0 atom stereocenters. The summed E-state index contributed by atoms with van der Waals surface area (Å²) in [6, 6.07) is 0. The summed E-state index contributed by atoms with van der Waals surface area (Å²) in [5.41, 5.74) is 5.33. The smallest absolute Gasteiger partial charge is 0.0627 e. The number of thioether (sulfide) groups is 1. The molecule has 0 radical (unpaired) electrons. The highest BCUT2D eigenvalue weighted by atomic mass is 32.2. The Kier molecular flexibility index (Phi) is 4.32. The maximum Gasteiger partial charge on any atom is 0.0627 e. The van der Waals surface area contributed by atoms with Crippen LogP contribution in [-0.4, -0.2) is 0 Å². The number of hydrogen-bond donors (Lipinski definition) is 1. The van der Waals surface area contributed by atoms with Crippen molar-refractivity contribution < 1.29 is 0 Å². The molecule has 0 aliphatic heterocycles. The van der Waals surface area contributed by atoms with E-state index in [1.165, 1.54) is 11.8 Å². The van der Waals surface area contributed by atoms with Crippen LogP contribution in [0.2, 0.25) is 0 Å². The Labute approximate surface area is 61.0 Å². The van der Waals surface area contributed by atoms with E-state index < -0.39 is 0 Å². The Bertz CT molecular complexity index is 118. The van der Waals surface area contributed by atoms with Crippen LogP contribution in [-0.2, 0) is 0 Å². The summed E-state index contributed by atoms with van der Waals surface area (Å²) >= 11 is 1.47. The minimum atomic E-state index is 0.633. The fourth-order valence-electron chi connectivity index (χ4n) is 0.515. The predicted molar refractivity (Wildman–Crippen MR) is 45.0 cm³/mol. The Balaban J connectivity index is 3.39. The molecule has 0 aliphatic rings. The van der Waals surface area contributed by atoms with Gasteiger partial charge in [-0.1, -0.05) is 38.3 Å². The molecule has 0 spiro atoms. The van der Waals surface area contributed by atoms with E-state index in [9.17, 15) is 0 Å². The van der Waals surface area contributed by atoms with Crippen LogP contribution in [0.25, 0.3) is 0 Å². The zero-order valence-corrected chi connectivity index (χ0v) is 6.63. The van der Waals surface area contributed by atoms with Gasteiger partial charge in [0.05, 0.1) is 5.03 Å². The van der Waals surface area contributed by atoms with Gasteiger partial charge < -0.3 is 5.73 Å². The van der Waals surface area contributed by atoms with Gasteiger partial charge in [-0.2, -0.15) is 0 Å². The molecule has 2 N–H and O–H groups in total. The lowest BCUT2D eigenvalue weighted by molar-refractivity contribution is 0.950. The molecule has 52 valence electrons. The highest BCUT2D eigenvalue weighted by Crippen LogP contribution is 2.21. The van der Waals surface area contributed by atoms with Crippen molar-refractivity contribution in [3.63, 3.8) is 0 Å². The lowest BCUT2D eigenvalue weighted by Gasteiger charge is -2.00. The van der Waals surface area contributed by atoms with Crippen LogP contribution in [0.5, 0.6) is 0 Å². The number of hydrogen-bond acceptors (Lipinski definition) is 2. The Morgan fingerprint density at radius 1 is 1.56 bits per heavy atom. The molecule has 0 rings (SSSR count). The molecule has 0 aromatic rings. The highest BCUT2D eigenvalue weighted by Gasteiger charge is 1.92. The van der Waals surface area contributed by atoms with Gasteiger partial charge >= 0.3 is 0 Å². The number of nitrogens with two attached hydrogens (primary N) is 1. The summed E-state index contributed by atoms with van der Waals surface area (Å²) in [6.07, 6.45) is 2.15. The third-order valence-electron chi connectivity index (χ3n) is 0.804. The molecule has 0 heterocycles. The fraction of sp³-hybridized carbons (Fsp3) is 0.429. The third-order valence-corrected chi connectivity index (χ3v) is 1.56. The van der Waals surface area contributed by atoms with Crippen LogP contribution in [0.15, 0.2) is 23.1 Å². The average Bonchev–Trinajstić information content (AvgIpc) is 1.63. The zero-order chi connectivity index (χ0) is 7.28. The maximum absolute atomic E-state index is 5.33. The number of rotatable bonds is 4. The van der Waals surface area contributed by atoms with Gasteiger partial charge in [-0.3, -0.25) is 0 Å². The Morgan fingerprint density at radius 3 is 2.44 bits per heavy atom. The fourth-order valence-corrected chi connectivity index (χ4v) is 1.19. The summed E-state index contributed by atoms with van der Waals surface area (Å²) in [4.78, 5) is 1.10. The molecule has 0 aliphatic carbocycles. The first-order chi connectivity index (χ1) is 4.16. The van der Waals surface area contributed by atoms with E-state index in [4.69, 9.17) is 5.73 Å². The van der Waals surface area contributed by atoms with Gasteiger partial charge in [0.25, 0.3) is 0 Å². The van der Waals surface area contributed by atoms with Crippen LogP contribution in [0, 0.1) is 0 Å². The molecule has 0 bridgehead atoms. The molecular formula is C7H13NS. The highest BCUT2D eigenvalue weighted by molar-refractivity contribution is 8.06. The molecule has 0 unspecified atom stereocenters. The van der Waals surface area contributed by atoms with E-state index in [0.29, 0.717) is 5.03 Å². The molecule has 9 heavy (non-hydrogen) atoms. The predicted octanol–water partition coefficient (Wildman–Crippen LogP) is 2.46. The van der Waals surface area contributed by atoms with Crippen molar-refractivity contribution in [1.82, 2.24) is 0 Å². The average molecular weight is 143 g/mol. The van der Waals surface area contributed by atoms with Crippen LogP contribution in [0.4, 0.5) is 0 Å². The van der Waals surface area contributed by atoms with Crippen molar-refractivity contribution in [2.75, 3.05) is 0 Å². The second kappa shape index (κ2) is 4.50. The molecule has 0 amide bonds. The summed E-state index contributed by atoms with van der Waals surface area (Å²) in [6.45, 7) is 9.48. The summed E-state index contributed by atoms with van der Waals surface area (Å²) in [7, 11) is 0. The quantitative estimate of drug-likeness (QED) is 0.654. The van der Waals surface area contributed by atoms with E-state index in [-0.39, 0.29) is 0 Å². The van der Waals surface area contributed by atoms with Gasteiger partial charge in [0.15, 0.2) is 0 Å². The van der Waals surface area contributed by atoms with Gasteiger partial charge in [-0.05, 0) is 11.3 Å². The van der Waals surface area contributed by atoms with Gasteiger partial charge in [0, 0.05) is 0 Å². The molecule has 1 nitrogen and oxygen atoms in total. The molecule has 0 fully saturated rings. The van der Waals surface area contributed by atoms with Gasteiger partial charge in [0.2, 0.25) is 0 Å². The third kappa shape index (κ3) is 5.50. The first-order valence-corrected chi connectivity index (χ1v) is 3.78. The molecule has 2 heteroatoms. The van der Waals surface area contributed by atoms with E-state index in [0.717, 1.165) is 17.7 Å². The van der Waals surface area contributed by atoms with Crippen LogP contribution < -0.4 is 5.73 Å². The van der Waals surface area contributed by atoms with Crippen LogP contribution in [0.3, 0.4) is 0 Å². The van der Waals surface area contributed by atoms with Crippen molar-refractivity contribution in [1.29, 1.82) is 0 Å². The van der Waals surface area contributed by atoms with Gasteiger partial charge in [0.1, 0.15) is 0 Å². The summed E-state index contributed by atoms with van der Waals surface area (Å²) < 4.78 is 0. The second-order valence-corrected chi connectivity index (χ2v) is 3.16. The first-order valence-electron chi connectivity index (χ1n) is 2.96. The van der Waals surface area contributed by atoms with E-state index in [1.54, 1.807) is 0 Å². The second-order valence-electron chi connectivity index (χ2n) is 1.86.